The number of nitrogens with zero attached hydrogens (tertiary/aromatic N) is 4. The standard InChI is InChI=1S/C12H16N4/c1-9-4-5-12(8-14)6-10(7-13)11(9)16(12)15(2)3/h10-11H,1,4-6H2,2-3H3/t10-,11+,12-/m0/s1. The molecule has 0 amide bonds. The van der Waals surface area contributed by atoms with E-state index < -0.39 is 5.54 Å². The lowest BCUT2D eigenvalue weighted by Crippen LogP contribution is -2.56. The van der Waals surface area contributed by atoms with Gasteiger partial charge in [0.05, 0.1) is 24.1 Å². The van der Waals surface area contributed by atoms with Gasteiger partial charge in [-0.25, -0.2) is 10.0 Å². The molecule has 0 aromatic carbocycles. The molecule has 84 valence electrons. The lowest BCUT2D eigenvalue weighted by Gasteiger charge is -2.44. The molecule has 2 aliphatic heterocycles. The average Bonchev–Trinajstić information content (AvgIpc) is 2.54. The summed E-state index contributed by atoms with van der Waals surface area (Å²) in [5.41, 5.74) is 0.596. The molecule has 0 saturated carbocycles. The minimum Gasteiger partial charge on any atom is -0.246 e. The Hall–Kier alpha value is -1.36. The van der Waals surface area contributed by atoms with E-state index in [2.05, 4.69) is 18.7 Å². The Morgan fingerprint density at radius 1 is 1.50 bits per heavy atom. The van der Waals surface area contributed by atoms with Crippen LogP contribution in [-0.2, 0) is 0 Å². The van der Waals surface area contributed by atoms with E-state index in [0.717, 1.165) is 18.4 Å². The van der Waals surface area contributed by atoms with Crippen molar-refractivity contribution in [2.45, 2.75) is 30.8 Å². The third kappa shape index (κ3) is 1.28. The Bertz CT molecular complexity index is 400. The molecule has 4 nitrogen and oxygen atoms in total. The van der Waals surface area contributed by atoms with Crippen LogP contribution >= 0.6 is 0 Å². The van der Waals surface area contributed by atoms with E-state index >= 15 is 0 Å². The van der Waals surface area contributed by atoms with Crippen molar-refractivity contribution >= 4 is 0 Å². The van der Waals surface area contributed by atoms with Gasteiger partial charge in [0.15, 0.2) is 0 Å². The van der Waals surface area contributed by atoms with Crippen molar-refractivity contribution in [1.82, 2.24) is 10.0 Å². The van der Waals surface area contributed by atoms with Gasteiger partial charge in [-0.3, -0.25) is 0 Å². The quantitative estimate of drug-likeness (QED) is 0.620. The molecule has 0 spiro atoms. The van der Waals surface area contributed by atoms with Crippen molar-refractivity contribution in [2.24, 2.45) is 5.92 Å². The van der Waals surface area contributed by atoms with Crippen molar-refractivity contribution in [3.8, 4) is 12.1 Å². The fraction of sp³-hybridized carbons (Fsp3) is 0.667. The average molecular weight is 216 g/mol. The zero-order valence-electron chi connectivity index (χ0n) is 9.77. The Balaban J connectivity index is 2.47. The normalized spacial score (nSPS) is 38.4. The van der Waals surface area contributed by atoms with Crippen LogP contribution in [0.1, 0.15) is 19.3 Å². The molecule has 0 aromatic rings. The summed E-state index contributed by atoms with van der Waals surface area (Å²) in [5, 5.41) is 22.6. The van der Waals surface area contributed by atoms with Crippen molar-refractivity contribution in [3.63, 3.8) is 0 Å². The van der Waals surface area contributed by atoms with E-state index in [1.807, 2.05) is 24.1 Å². The van der Waals surface area contributed by atoms with Gasteiger partial charge in [0.25, 0.3) is 0 Å². The Morgan fingerprint density at radius 3 is 2.69 bits per heavy atom. The van der Waals surface area contributed by atoms with Crippen LogP contribution in [0.15, 0.2) is 12.2 Å². The predicted octanol–water partition coefficient (Wildman–Crippen LogP) is 1.29. The van der Waals surface area contributed by atoms with Crippen LogP contribution in [0.3, 0.4) is 0 Å². The molecule has 3 atom stereocenters. The second kappa shape index (κ2) is 3.59. The fourth-order valence-electron chi connectivity index (χ4n) is 3.10. The number of hydrogen-bond acceptors (Lipinski definition) is 4. The lowest BCUT2D eigenvalue weighted by atomic mass is 9.89. The van der Waals surface area contributed by atoms with Gasteiger partial charge in [-0.1, -0.05) is 12.2 Å². The van der Waals surface area contributed by atoms with Gasteiger partial charge in [-0.15, -0.1) is 0 Å². The fourth-order valence-corrected chi connectivity index (χ4v) is 3.10. The molecular weight excluding hydrogens is 200 g/mol. The van der Waals surface area contributed by atoms with E-state index in [1.165, 1.54) is 0 Å². The Morgan fingerprint density at radius 2 is 2.19 bits per heavy atom. The highest BCUT2D eigenvalue weighted by Gasteiger charge is 2.56. The summed E-state index contributed by atoms with van der Waals surface area (Å²) in [6.07, 6.45) is 2.29. The highest BCUT2D eigenvalue weighted by atomic mass is 15.7. The number of piperidine rings is 1. The summed E-state index contributed by atoms with van der Waals surface area (Å²) in [7, 11) is 3.86. The van der Waals surface area contributed by atoms with Crippen LogP contribution in [-0.4, -0.2) is 35.7 Å². The first-order valence-electron chi connectivity index (χ1n) is 5.51. The van der Waals surface area contributed by atoms with Crippen molar-refractivity contribution in [3.05, 3.63) is 12.2 Å². The molecule has 2 saturated heterocycles. The minimum atomic E-state index is -0.490. The third-order valence-electron chi connectivity index (χ3n) is 3.72. The summed E-state index contributed by atoms with van der Waals surface area (Å²) >= 11 is 0. The number of fused-ring (bicyclic) bond motifs is 2. The van der Waals surface area contributed by atoms with E-state index in [9.17, 15) is 10.5 Å². The lowest BCUT2D eigenvalue weighted by molar-refractivity contribution is -0.0610. The van der Waals surface area contributed by atoms with Crippen LogP contribution in [0.4, 0.5) is 0 Å². The zero-order valence-corrected chi connectivity index (χ0v) is 9.77. The molecule has 2 rings (SSSR count). The first-order chi connectivity index (χ1) is 7.55. The smallest absolute Gasteiger partial charge is 0.124 e. The highest BCUT2D eigenvalue weighted by Crippen LogP contribution is 2.48. The Labute approximate surface area is 96.3 Å². The van der Waals surface area contributed by atoms with Gasteiger partial charge < -0.3 is 0 Å². The maximum Gasteiger partial charge on any atom is 0.124 e. The first kappa shape index (κ1) is 11.1. The minimum absolute atomic E-state index is 0.0217. The maximum atomic E-state index is 9.43. The molecule has 2 bridgehead atoms. The first-order valence-corrected chi connectivity index (χ1v) is 5.51. The number of rotatable bonds is 1. The van der Waals surface area contributed by atoms with E-state index in [4.69, 9.17) is 0 Å². The molecule has 2 aliphatic rings. The van der Waals surface area contributed by atoms with Crippen LogP contribution < -0.4 is 0 Å². The largest absolute Gasteiger partial charge is 0.246 e. The summed E-state index contributed by atoms with van der Waals surface area (Å²) in [5.74, 6) is -0.1000. The third-order valence-corrected chi connectivity index (χ3v) is 3.72. The van der Waals surface area contributed by atoms with E-state index in [0.29, 0.717) is 6.42 Å². The number of nitriles is 2. The van der Waals surface area contributed by atoms with Gasteiger partial charge in [0.2, 0.25) is 0 Å². The monoisotopic (exact) mass is 216 g/mol. The van der Waals surface area contributed by atoms with Crippen LogP contribution in [0, 0.1) is 28.6 Å². The Kier molecular flexibility index (Phi) is 2.50. The molecule has 0 N–H and O–H groups in total. The molecule has 0 aliphatic carbocycles. The molecular formula is C12H16N4. The van der Waals surface area contributed by atoms with Crippen molar-refractivity contribution in [1.29, 1.82) is 10.5 Å². The maximum absolute atomic E-state index is 9.43. The van der Waals surface area contributed by atoms with E-state index in [1.54, 1.807) is 0 Å². The molecule has 16 heavy (non-hydrogen) atoms. The van der Waals surface area contributed by atoms with Crippen LogP contribution in [0.25, 0.3) is 0 Å². The number of hydrogen-bond donors (Lipinski definition) is 0. The van der Waals surface area contributed by atoms with Gasteiger partial charge in [-0.05, 0) is 19.3 Å². The molecule has 2 heterocycles. The summed E-state index contributed by atoms with van der Waals surface area (Å²) < 4.78 is 0. The zero-order chi connectivity index (χ0) is 11.9. The van der Waals surface area contributed by atoms with Crippen LogP contribution in [0.2, 0.25) is 0 Å². The van der Waals surface area contributed by atoms with Crippen molar-refractivity contribution in [2.75, 3.05) is 14.1 Å². The second-order valence-corrected chi connectivity index (χ2v) is 4.88. The van der Waals surface area contributed by atoms with Gasteiger partial charge >= 0.3 is 0 Å². The number of hydrazine groups is 1. The van der Waals surface area contributed by atoms with Gasteiger partial charge in [-0.2, -0.15) is 10.5 Å². The summed E-state index contributed by atoms with van der Waals surface area (Å²) in [4.78, 5) is 0. The van der Waals surface area contributed by atoms with E-state index in [-0.39, 0.29) is 12.0 Å². The second-order valence-electron chi connectivity index (χ2n) is 4.88. The summed E-state index contributed by atoms with van der Waals surface area (Å²) in [6.45, 7) is 4.06. The predicted molar refractivity (Wildman–Crippen MR) is 59.8 cm³/mol. The van der Waals surface area contributed by atoms with Crippen LogP contribution in [0.5, 0.6) is 0 Å². The topological polar surface area (TPSA) is 54.1 Å². The van der Waals surface area contributed by atoms with Gasteiger partial charge in [0.1, 0.15) is 5.54 Å². The molecule has 0 aromatic heterocycles. The molecule has 0 unspecified atom stereocenters. The molecule has 2 fully saturated rings. The highest BCUT2D eigenvalue weighted by molar-refractivity contribution is 5.30. The molecule has 4 heteroatoms. The molecule has 0 radical (unpaired) electrons. The van der Waals surface area contributed by atoms with Gasteiger partial charge in [0, 0.05) is 14.1 Å². The SMILES string of the molecule is C=C1CC[C@@]2(C#N)C[C@@H](C#N)[C@@H]1N2N(C)C. The van der Waals surface area contributed by atoms with Crippen molar-refractivity contribution < 1.29 is 0 Å². The summed E-state index contributed by atoms with van der Waals surface area (Å²) in [6, 6.07) is 4.77.